The van der Waals surface area contributed by atoms with E-state index in [0.29, 0.717) is 5.82 Å². The summed E-state index contributed by atoms with van der Waals surface area (Å²) >= 11 is 0. The number of nitro groups is 1. The molecule has 0 atom stereocenters. The molecule has 0 aliphatic heterocycles. The first-order chi connectivity index (χ1) is 13.1. The molecule has 0 saturated carbocycles. The zero-order valence-corrected chi connectivity index (χ0v) is 15.6. The number of rotatable bonds is 9. The van der Waals surface area contributed by atoms with E-state index in [2.05, 4.69) is 21.2 Å². The Labute approximate surface area is 158 Å². The maximum atomic E-state index is 11.1. The average molecular weight is 368 g/mol. The fraction of sp³-hybridized carbons (Fsp3) is 0.368. The number of imidazole rings is 1. The predicted molar refractivity (Wildman–Crippen MR) is 105 cm³/mol. The van der Waals surface area contributed by atoms with E-state index in [4.69, 9.17) is 0 Å². The summed E-state index contributed by atoms with van der Waals surface area (Å²) in [4.78, 5) is 16.4. The molecule has 142 valence electrons. The fourth-order valence-corrected chi connectivity index (χ4v) is 3.17. The molecule has 2 aromatic heterocycles. The number of H-pyrrole nitrogens is 1. The summed E-state index contributed by atoms with van der Waals surface area (Å²) < 4.78 is 1.69. The molecule has 0 saturated heterocycles. The van der Waals surface area contributed by atoms with Crippen molar-refractivity contribution in [3.63, 3.8) is 0 Å². The minimum Gasteiger partial charge on any atom is -0.358 e. The van der Waals surface area contributed by atoms with Gasteiger partial charge in [-0.15, -0.1) is 0 Å². The zero-order chi connectivity index (χ0) is 19.2. The molecule has 2 heterocycles. The first-order valence-corrected chi connectivity index (χ1v) is 9.03. The Morgan fingerprint density at radius 2 is 2.00 bits per heavy atom. The summed E-state index contributed by atoms with van der Waals surface area (Å²) in [7, 11) is 3.64. The zero-order valence-electron chi connectivity index (χ0n) is 15.6. The van der Waals surface area contributed by atoms with Gasteiger partial charge in [-0.05, 0) is 35.2 Å². The standard InChI is InChI=1S/C19H24N6O2/c1-23(19-18(25(26)27)20-14-24(19)2)12-8-4-7-11-16-13-17(22-21-16)15-9-5-3-6-10-15/h3,5-6,9-10,13-14H,4,7-8,11-12H2,1-2H3,(H,21,22). The highest BCUT2D eigenvalue weighted by atomic mass is 16.6. The van der Waals surface area contributed by atoms with Crippen LogP contribution in [-0.2, 0) is 13.5 Å². The van der Waals surface area contributed by atoms with Crippen molar-refractivity contribution in [2.75, 3.05) is 18.5 Å². The molecular weight excluding hydrogens is 344 g/mol. The van der Waals surface area contributed by atoms with E-state index in [1.165, 1.54) is 6.33 Å². The van der Waals surface area contributed by atoms with Gasteiger partial charge in [0.05, 0.1) is 5.69 Å². The number of aryl methyl sites for hydroxylation is 2. The quantitative estimate of drug-likeness (QED) is 0.354. The van der Waals surface area contributed by atoms with Crippen LogP contribution in [0.15, 0.2) is 42.7 Å². The second-order valence-corrected chi connectivity index (χ2v) is 6.64. The van der Waals surface area contributed by atoms with Gasteiger partial charge in [0.2, 0.25) is 12.1 Å². The molecule has 3 rings (SSSR count). The van der Waals surface area contributed by atoms with Gasteiger partial charge < -0.3 is 15.0 Å². The van der Waals surface area contributed by atoms with Crippen molar-refractivity contribution >= 4 is 11.6 Å². The van der Waals surface area contributed by atoms with Crippen molar-refractivity contribution in [2.45, 2.75) is 25.7 Å². The monoisotopic (exact) mass is 368 g/mol. The Kier molecular flexibility index (Phi) is 5.85. The van der Waals surface area contributed by atoms with Crippen molar-refractivity contribution in [3.05, 3.63) is 58.5 Å². The summed E-state index contributed by atoms with van der Waals surface area (Å²) in [6, 6.07) is 12.2. The third-order valence-corrected chi connectivity index (χ3v) is 4.56. The van der Waals surface area contributed by atoms with E-state index >= 15 is 0 Å². The van der Waals surface area contributed by atoms with Gasteiger partial charge in [0.25, 0.3) is 0 Å². The number of anilines is 1. The number of nitrogens with zero attached hydrogens (tertiary/aromatic N) is 5. The molecule has 0 fully saturated rings. The van der Waals surface area contributed by atoms with Gasteiger partial charge in [0.15, 0.2) is 0 Å². The van der Waals surface area contributed by atoms with E-state index in [1.54, 1.807) is 11.6 Å². The van der Waals surface area contributed by atoms with E-state index < -0.39 is 4.92 Å². The van der Waals surface area contributed by atoms with Crippen LogP contribution in [0.4, 0.5) is 11.6 Å². The molecule has 0 amide bonds. The van der Waals surface area contributed by atoms with E-state index in [-0.39, 0.29) is 5.82 Å². The van der Waals surface area contributed by atoms with E-state index in [9.17, 15) is 10.1 Å². The smallest absolute Gasteiger partial charge is 0.358 e. The average Bonchev–Trinajstić information content (AvgIpc) is 3.29. The van der Waals surface area contributed by atoms with E-state index in [0.717, 1.165) is 49.2 Å². The van der Waals surface area contributed by atoms with Gasteiger partial charge in [-0.25, -0.2) is 0 Å². The van der Waals surface area contributed by atoms with Crippen LogP contribution in [0.3, 0.4) is 0 Å². The van der Waals surface area contributed by atoms with Gasteiger partial charge >= 0.3 is 5.82 Å². The molecule has 0 aliphatic carbocycles. The second-order valence-electron chi connectivity index (χ2n) is 6.64. The first kappa shape index (κ1) is 18.6. The van der Waals surface area contributed by atoms with Crippen LogP contribution >= 0.6 is 0 Å². The number of hydrogen-bond acceptors (Lipinski definition) is 5. The lowest BCUT2D eigenvalue weighted by Gasteiger charge is -2.18. The van der Waals surface area contributed by atoms with Crippen molar-refractivity contribution in [3.8, 4) is 11.3 Å². The molecule has 8 heteroatoms. The van der Waals surface area contributed by atoms with Crippen LogP contribution in [0, 0.1) is 10.1 Å². The molecule has 0 radical (unpaired) electrons. The number of nitrogens with one attached hydrogen (secondary N) is 1. The highest BCUT2D eigenvalue weighted by Gasteiger charge is 2.22. The number of unbranched alkanes of at least 4 members (excludes halogenated alkanes) is 2. The Morgan fingerprint density at radius 3 is 2.74 bits per heavy atom. The van der Waals surface area contributed by atoms with Crippen LogP contribution in [0.5, 0.6) is 0 Å². The van der Waals surface area contributed by atoms with Gasteiger partial charge in [-0.2, -0.15) is 5.10 Å². The normalized spacial score (nSPS) is 10.9. The molecule has 0 spiro atoms. The third-order valence-electron chi connectivity index (χ3n) is 4.56. The molecule has 0 unspecified atom stereocenters. The lowest BCUT2D eigenvalue weighted by molar-refractivity contribution is -0.388. The minimum atomic E-state index is -0.436. The van der Waals surface area contributed by atoms with Crippen molar-refractivity contribution in [1.82, 2.24) is 19.7 Å². The number of hydrogen-bond donors (Lipinski definition) is 1. The molecule has 0 bridgehead atoms. The Hall–Kier alpha value is -3.16. The highest BCUT2D eigenvalue weighted by Crippen LogP contribution is 2.25. The van der Waals surface area contributed by atoms with Crippen molar-refractivity contribution in [2.24, 2.45) is 7.05 Å². The number of aromatic nitrogens is 4. The molecule has 1 aromatic carbocycles. The lowest BCUT2D eigenvalue weighted by atomic mass is 10.1. The predicted octanol–water partition coefficient (Wildman–Crippen LogP) is 3.57. The fourth-order valence-electron chi connectivity index (χ4n) is 3.17. The number of aromatic amines is 1. The molecule has 27 heavy (non-hydrogen) atoms. The SMILES string of the molecule is CN(CCCCCc1cc(-c2ccccc2)n[nH]1)c1c([N+](=O)[O-])ncn1C. The largest absolute Gasteiger partial charge is 0.406 e. The van der Waals surface area contributed by atoms with Gasteiger partial charge in [-0.3, -0.25) is 9.67 Å². The summed E-state index contributed by atoms with van der Waals surface area (Å²) in [6.45, 7) is 0.749. The molecule has 1 N–H and O–H groups in total. The number of benzene rings is 1. The molecular formula is C19H24N6O2. The summed E-state index contributed by atoms with van der Waals surface area (Å²) in [5.41, 5.74) is 3.21. The first-order valence-electron chi connectivity index (χ1n) is 9.03. The Balaban J connectivity index is 1.44. The summed E-state index contributed by atoms with van der Waals surface area (Å²) in [6.07, 6.45) is 5.45. The molecule has 8 nitrogen and oxygen atoms in total. The van der Waals surface area contributed by atoms with Crippen LogP contribution in [0.2, 0.25) is 0 Å². The third kappa shape index (κ3) is 4.52. The van der Waals surface area contributed by atoms with E-state index in [1.807, 2.05) is 42.3 Å². The molecule has 0 aliphatic rings. The van der Waals surface area contributed by atoms with Gasteiger partial charge in [0.1, 0.15) is 0 Å². The van der Waals surface area contributed by atoms with Crippen LogP contribution in [0.1, 0.15) is 25.0 Å². The summed E-state index contributed by atoms with van der Waals surface area (Å²) in [5.74, 6) is 0.451. The van der Waals surface area contributed by atoms with Crippen LogP contribution in [0.25, 0.3) is 11.3 Å². The molecule has 3 aromatic rings. The van der Waals surface area contributed by atoms with Gasteiger partial charge in [-0.1, -0.05) is 36.8 Å². The minimum absolute atomic E-state index is 0.0918. The maximum absolute atomic E-state index is 11.1. The maximum Gasteiger partial charge on any atom is 0.406 e. The highest BCUT2D eigenvalue weighted by molar-refractivity contribution is 5.58. The Bertz CT molecular complexity index is 887. The van der Waals surface area contributed by atoms with Crippen LogP contribution < -0.4 is 4.90 Å². The van der Waals surface area contributed by atoms with Crippen molar-refractivity contribution < 1.29 is 4.92 Å². The topological polar surface area (TPSA) is 92.9 Å². The lowest BCUT2D eigenvalue weighted by Crippen LogP contribution is -2.21. The van der Waals surface area contributed by atoms with Gasteiger partial charge in [0, 0.05) is 31.9 Å². The van der Waals surface area contributed by atoms with Crippen LogP contribution in [-0.4, -0.2) is 38.3 Å². The second kappa shape index (κ2) is 8.48. The summed E-state index contributed by atoms with van der Waals surface area (Å²) in [5, 5.41) is 18.6. The van der Waals surface area contributed by atoms with Crippen molar-refractivity contribution in [1.29, 1.82) is 0 Å². The Morgan fingerprint density at radius 1 is 1.22 bits per heavy atom.